The fourth-order valence-electron chi connectivity index (χ4n) is 2.70. The molecule has 0 saturated heterocycles. The molecule has 112 valence electrons. The van der Waals surface area contributed by atoms with Gasteiger partial charge in [-0.05, 0) is 43.4 Å². The van der Waals surface area contributed by atoms with Crippen LogP contribution in [0.1, 0.15) is 45.5 Å². The lowest BCUT2D eigenvalue weighted by molar-refractivity contribution is 0.490. The standard InChI is InChI=1S/C16H14ClF3S/c17-16(10-7-12(19)13(20)8-11(10)18)15-6-9-4-2-1-3-5-14(9)21-15/h6-8,16H,1-5H2. The van der Waals surface area contributed by atoms with Crippen LogP contribution in [-0.2, 0) is 12.8 Å². The van der Waals surface area contributed by atoms with Gasteiger partial charge in [0.1, 0.15) is 5.82 Å². The molecule has 0 fully saturated rings. The molecule has 0 nitrogen and oxygen atoms in total. The normalized spacial score (nSPS) is 16.4. The molecule has 0 spiro atoms. The quantitative estimate of drug-likeness (QED) is 0.373. The lowest BCUT2D eigenvalue weighted by Gasteiger charge is -2.09. The Balaban J connectivity index is 1.95. The molecule has 1 heterocycles. The van der Waals surface area contributed by atoms with Gasteiger partial charge in [-0.1, -0.05) is 6.42 Å². The third-order valence-electron chi connectivity index (χ3n) is 3.83. The Morgan fingerprint density at radius 2 is 1.62 bits per heavy atom. The zero-order valence-electron chi connectivity index (χ0n) is 11.3. The lowest BCUT2D eigenvalue weighted by atomic mass is 10.1. The van der Waals surface area contributed by atoms with Crippen LogP contribution in [0.4, 0.5) is 13.2 Å². The summed E-state index contributed by atoms with van der Waals surface area (Å²) in [6.07, 6.45) is 5.55. The van der Waals surface area contributed by atoms with Gasteiger partial charge in [-0.15, -0.1) is 22.9 Å². The van der Waals surface area contributed by atoms with Crippen molar-refractivity contribution in [3.8, 4) is 0 Å². The summed E-state index contributed by atoms with van der Waals surface area (Å²) in [6.45, 7) is 0. The number of benzene rings is 1. The number of fused-ring (bicyclic) bond motifs is 1. The highest BCUT2D eigenvalue weighted by Gasteiger charge is 2.22. The van der Waals surface area contributed by atoms with Gasteiger partial charge in [0.15, 0.2) is 11.6 Å². The van der Waals surface area contributed by atoms with E-state index in [1.54, 1.807) is 11.3 Å². The van der Waals surface area contributed by atoms with Gasteiger partial charge in [0.05, 0.1) is 5.38 Å². The maximum Gasteiger partial charge on any atom is 0.161 e. The maximum atomic E-state index is 13.8. The predicted octanol–water partition coefficient (Wildman–Crippen LogP) is 5.76. The number of thiophene rings is 1. The van der Waals surface area contributed by atoms with E-state index in [-0.39, 0.29) is 5.56 Å². The van der Waals surface area contributed by atoms with Crippen molar-refractivity contribution in [1.82, 2.24) is 0 Å². The highest BCUT2D eigenvalue weighted by molar-refractivity contribution is 7.12. The van der Waals surface area contributed by atoms with Crippen LogP contribution in [0.2, 0.25) is 0 Å². The summed E-state index contributed by atoms with van der Waals surface area (Å²) in [7, 11) is 0. The fourth-order valence-corrected chi connectivity index (χ4v) is 4.32. The zero-order chi connectivity index (χ0) is 15.0. The largest absolute Gasteiger partial charge is 0.207 e. The van der Waals surface area contributed by atoms with Crippen LogP contribution in [0.25, 0.3) is 0 Å². The number of hydrogen-bond donors (Lipinski definition) is 0. The molecule has 1 aliphatic rings. The number of rotatable bonds is 2. The molecule has 0 bridgehead atoms. The molecule has 0 aliphatic heterocycles. The van der Waals surface area contributed by atoms with Gasteiger partial charge in [-0.3, -0.25) is 0 Å². The average Bonchev–Trinajstić information content (AvgIpc) is 2.73. The molecule has 0 amide bonds. The minimum atomic E-state index is -1.19. The lowest BCUT2D eigenvalue weighted by Crippen LogP contribution is -1.98. The van der Waals surface area contributed by atoms with Crippen LogP contribution in [0.3, 0.4) is 0 Å². The van der Waals surface area contributed by atoms with Gasteiger partial charge in [-0.2, -0.15) is 0 Å². The van der Waals surface area contributed by atoms with Crippen molar-refractivity contribution in [2.24, 2.45) is 0 Å². The molecule has 0 N–H and O–H groups in total. The highest BCUT2D eigenvalue weighted by atomic mass is 35.5. The second-order valence-electron chi connectivity index (χ2n) is 5.31. The smallest absolute Gasteiger partial charge is 0.161 e. The van der Waals surface area contributed by atoms with E-state index in [1.807, 2.05) is 6.07 Å². The zero-order valence-corrected chi connectivity index (χ0v) is 12.8. The Hall–Kier alpha value is -1.00. The first-order valence-corrected chi connectivity index (χ1v) is 8.21. The van der Waals surface area contributed by atoms with Crippen molar-refractivity contribution in [1.29, 1.82) is 0 Å². The van der Waals surface area contributed by atoms with Crippen LogP contribution >= 0.6 is 22.9 Å². The first-order valence-electron chi connectivity index (χ1n) is 6.96. The molecule has 3 rings (SSSR count). The van der Waals surface area contributed by atoms with Gasteiger partial charge in [-0.25, -0.2) is 13.2 Å². The highest BCUT2D eigenvalue weighted by Crippen LogP contribution is 2.39. The summed E-state index contributed by atoms with van der Waals surface area (Å²) < 4.78 is 40.1. The summed E-state index contributed by atoms with van der Waals surface area (Å²) >= 11 is 7.86. The fraction of sp³-hybridized carbons (Fsp3) is 0.375. The Morgan fingerprint density at radius 3 is 2.43 bits per heavy atom. The van der Waals surface area contributed by atoms with Gasteiger partial charge in [0.2, 0.25) is 0 Å². The molecule has 1 atom stereocenters. The summed E-state index contributed by atoms with van der Waals surface area (Å²) in [5, 5.41) is -0.781. The number of hydrogen-bond acceptors (Lipinski definition) is 1. The second kappa shape index (κ2) is 6.01. The van der Waals surface area contributed by atoms with E-state index in [1.165, 1.54) is 16.9 Å². The number of aryl methyl sites for hydroxylation is 2. The SMILES string of the molecule is Fc1cc(F)c(C(Cl)c2cc3c(s2)CCCCC3)cc1F. The van der Waals surface area contributed by atoms with E-state index >= 15 is 0 Å². The molecular formula is C16H14ClF3S. The monoisotopic (exact) mass is 330 g/mol. The van der Waals surface area contributed by atoms with Crippen LogP contribution in [0.5, 0.6) is 0 Å². The van der Waals surface area contributed by atoms with Crippen molar-refractivity contribution >= 4 is 22.9 Å². The predicted molar refractivity (Wildman–Crippen MR) is 79.6 cm³/mol. The van der Waals surface area contributed by atoms with E-state index < -0.39 is 22.8 Å². The second-order valence-corrected chi connectivity index (χ2v) is 6.91. The number of halogens is 4. The molecule has 5 heteroatoms. The first kappa shape index (κ1) is 14.9. The van der Waals surface area contributed by atoms with Crippen molar-refractivity contribution in [3.63, 3.8) is 0 Å². The van der Waals surface area contributed by atoms with E-state index in [0.29, 0.717) is 6.07 Å². The van der Waals surface area contributed by atoms with E-state index in [2.05, 4.69) is 0 Å². The first-order chi connectivity index (χ1) is 10.1. The molecule has 21 heavy (non-hydrogen) atoms. The van der Waals surface area contributed by atoms with Crippen LogP contribution < -0.4 is 0 Å². The van der Waals surface area contributed by atoms with Crippen molar-refractivity contribution < 1.29 is 13.2 Å². The molecule has 1 aliphatic carbocycles. The summed E-state index contributed by atoms with van der Waals surface area (Å²) in [6, 6.07) is 3.40. The Kier molecular flexibility index (Phi) is 4.27. The third kappa shape index (κ3) is 2.97. The van der Waals surface area contributed by atoms with Crippen LogP contribution in [0, 0.1) is 17.5 Å². The molecule has 2 aromatic rings. The van der Waals surface area contributed by atoms with Crippen LogP contribution in [-0.4, -0.2) is 0 Å². The Labute approximate surface area is 130 Å². The third-order valence-corrected chi connectivity index (χ3v) is 5.73. The van der Waals surface area contributed by atoms with E-state index in [9.17, 15) is 13.2 Å². The molecule has 1 aromatic heterocycles. The van der Waals surface area contributed by atoms with Gasteiger partial charge in [0, 0.05) is 21.4 Å². The minimum Gasteiger partial charge on any atom is -0.207 e. The Morgan fingerprint density at radius 1 is 0.905 bits per heavy atom. The molecule has 1 aromatic carbocycles. The molecule has 0 radical (unpaired) electrons. The summed E-state index contributed by atoms with van der Waals surface area (Å²) in [4.78, 5) is 2.09. The molecular weight excluding hydrogens is 317 g/mol. The summed E-state index contributed by atoms with van der Waals surface area (Å²) in [5.41, 5.74) is 1.26. The minimum absolute atomic E-state index is 0.00743. The topological polar surface area (TPSA) is 0 Å². The average molecular weight is 331 g/mol. The van der Waals surface area contributed by atoms with Crippen molar-refractivity contribution in [3.05, 3.63) is 56.5 Å². The molecule has 1 unspecified atom stereocenters. The van der Waals surface area contributed by atoms with Gasteiger partial charge in [0.25, 0.3) is 0 Å². The van der Waals surface area contributed by atoms with Gasteiger partial charge >= 0.3 is 0 Å². The van der Waals surface area contributed by atoms with Gasteiger partial charge < -0.3 is 0 Å². The maximum absolute atomic E-state index is 13.8. The number of alkyl halides is 1. The van der Waals surface area contributed by atoms with Crippen LogP contribution in [0.15, 0.2) is 18.2 Å². The van der Waals surface area contributed by atoms with E-state index in [0.717, 1.165) is 36.6 Å². The Bertz CT molecular complexity index is 642. The van der Waals surface area contributed by atoms with E-state index in [4.69, 9.17) is 11.6 Å². The molecule has 0 saturated carbocycles. The van der Waals surface area contributed by atoms with Crippen molar-refractivity contribution in [2.45, 2.75) is 37.5 Å². The van der Waals surface area contributed by atoms with Crippen molar-refractivity contribution in [2.75, 3.05) is 0 Å². The summed E-state index contributed by atoms with van der Waals surface area (Å²) in [5.74, 6) is -3.07.